The van der Waals surface area contributed by atoms with Crippen molar-refractivity contribution in [3.8, 4) is 0 Å². The Balaban J connectivity index is 1.32. The van der Waals surface area contributed by atoms with Gasteiger partial charge in [-0.1, -0.05) is 79.7 Å². The molecule has 1 saturated carbocycles. The molecule has 0 bridgehead atoms. The molecule has 1 fully saturated rings. The van der Waals surface area contributed by atoms with Crippen molar-refractivity contribution in [3.63, 3.8) is 0 Å². The highest BCUT2D eigenvalue weighted by atomic mass is 32.2. The number of allylic oxidation sites excluding steroid dienone is 4. The van der Waals surface area contributed by atoms with Crippen molar-refractivity contribution < 1.29 is 9.11 Å². The van der Waals surface area contributed by atoms with E-state index in [1.807, 2.05) is 60.7 Å². The summed E-state index contributed by atoms with van der Waals surface area (Å²) in [6.45, 7) is 2.30. The van der Waals surface area contributed by atoms with Crippen LogP contribution in [0.1, 0.15) is 60.8 Å². The number of hydrogen-bond donors (Lipinski definition) is 0. The van der Waals surface area contributed by atoms with Gasteiger partial charge in [-0.2, -0.15) is 0 Å². The summed E-state index contributed by atoms with van der Waals surface area (Å²) in [5.41, 5.74) is 8.02. The van der Waals surface area contributed by atoms with Crippen molar-refractivity contribution in [2.24, 2.45) is 11.8 Å². The third-order valence-corrected chi connectivity index (χ3v) is 13.4. The summed E-state index contributed by atoms with van der Waals surface area (Å²) in [4.78, 5) is 2.62. The highest BCUT2D eigenvalue weighted by Gasteiger charge is 2.61. The molecule has 4 aliphatic rings. The third kappa shape index (κ3) is 3.89. The Kier molecular flexibility index (Phi) is 6.53. The summed E-state index contributed by atoms with van der Waals surface area (Å²) in [5.74, 6) is 1.19. The molecule has 4 aromatic rings. The molecule has 1 spiro atoms. The van der Waals surface area contributed by atoms with Gasteiger partial charge in [0.15, 0.2) is 14.7 Å². The van der Waals surface area contributed by atoms with Crippen LogP contribution in [0.25, 0.3) is 5.57 Å². The molecule has 0 saturated heterocycles. The summed E-state index contributed by atoms with van der Waals surface area (Å²) in [7, 11) is 0. The Morgan fingerprint density at radius 1 is 0.738 bits per heavy atom. The lowest BCUT2D eigenvalue weighted by molar-refractivity contribution is 0.265. The Morgan fingerprint density at radius 2 is 1.45 bits per heavy atom. The maximum Gasteiger partial charge on any atom is 0.158 e. The fraction of sp³-hybridized carbons (Fsp3) is 0.263. The molecule has 0 heterocycles. The second-order valence-electron chi connectivity index (χ2n) is 12.4. The standard InChI is InChI=1S/C38H34O2S2/c1-25-16-21-35-33(22-25)32-20-18-29(42(40)27-12-6-3-7-13-27)24-37(32)38(35)34-15-9-8-14-30(34)31-19-17-28(23-36(31)38)41(39)26-10-4-2-5-11-26/h2-16,18,20-21,24-25,28,31,36H,17,19,22-23H2,1H3/t25?,28-,31?,36?,38?,41?,42?/m1/s1. The van der Waals surface area contributed by atoms with Crippen molar-refractivity contribution in [1.82, 2.24) is 0 Å². The van der Waals surface area contributed by atoms with Crippen molar-refractivity contribution in [3.05, 3.63) is 143 Å². The van der Waals surface area contributed by atoms with Crippen LogP contribution in [-0.4, -0.2) is 14.4 Å². The lowest BCUT2D eigenvalue weighted by atomic mass is 9.61. The molecule has 210 valence electrons. The van der Waals surface area contributed by atoms with Crippen molar-refractivity contribution >= 4 is 27.9 Å². The van der Waals surface area contributed by atoms with Gasteiger partial charge in [-0.25, -0.2) is 0 Å². The van der Waals surface area contributed by atoms with Gasteiger partial charge in [-0.15, -0.1) is 0 Å². The molecular weight excluding hydrogens is 553 g/mol. The molecule has 0 amide bonds. The Hall–Kier alpha value is -3.02. The maximum atomic E-state index is 14.0. The van der Waals surface area contributed by atoms with Gasteiger partial charge in [0.05, 0.1) is 5.41 Å². The minimum atomic E-state index is -1.27. The highest BCUT2D eigenvalue weighted by Crippen LogP contribution is 2.68. The molecule has 2 nitrogen and oxygen atoms in total. The summed E-state index contributed by atoms with van der Waals surface area (Å²) in [5, 5.41) is 0.112. The average Bonchev–Trinajstić information content (AvgIpc) is 3.50. The van der Waals surface area contributed by atoms with Crippen LogP contribution in [0, 0.1) is 11.8 Å². The average molecular weight is 587 g/mol. The van der Waals surface area contributed by atoms with Gasteiger partial charge in [0.2, 0.25) is 0 Å². The molecule has 0 aliphatic heterocycles. The van der Waals surface area contributed by atoms with E-state index in [4.69, 9.17) is 0 Å². The molecule has 7 atom stereocenters. The largest absolute Gasteiger partial charge is 0.611 e. The third-order valence-electron chi connectivity index (χ3n) is 10.2. The zero-order valence-electron chi connectivity index (χ0n) is 23.7. The Bertz CT molecular complexity index is 1710. The van der Waals surface area contributed by atoms with Gasteiger partial charge in [0.25, 0.3) is 0 Å². The molecule has 0 radical (unpaired) electrons. The van der Waals surface area contributed by atoms with E-state index >= 15 is 0 Å². The zero-order chi connectivity index (χ0) is 28.4. The molecule has 4 aromatic carbocycles. The van der Waals surface area contributed by atoms with Crippen LogP contribution in [0.2, 0.25) is 0 Å². The maximum absolute atomic E-state index is 14.0. The minimum absolute atomic E-state index is 0.112. The number of hydrogen-bond acceptors (Lipinski definition) is 2. The number of fused-ring (bicyclic) bond motifs is 9. The Labute approximate surface area is 254 Å². The molecule has 0 aromatic heterocycles. The van der Waals surface area contributed by atoms with E-state index in [0.29, 0.717) is 17.8 Å². The second-order valence-corrected chi connectivity index (χ2v) is 15.6. The van der Waals surface area contributed by atoms with Crippen LogP contribution in [0.4, 0.5) is 0 Å². The second kappa shape index (κ2) is 10.3. The van der Waals surface area contributed by atoms with Crippen LogP contribution >= 0.6 is 0 Å². The lowest BCUT2D eigenvalue weighted by Gasteiger charge is -2.43. The zero-order valence-corrected chi connectivity index (χ0v) is 25.4. The first-order valence-corrected chi connectivity index (χ1v) is 17.5. The first-order valence-electron chi connectivity index (χ1n) is 15.2. The minimum Gasteiger partial charge on any atom is -0.611 e. The van der Waals surface area contributed by atoms with Gasteiger partial charge >= 0.3 is 0 Å². The van der Waals surface area contributed by atoms with Crippen LogP contribution < -0.4 is 0 Å². The molecule has 4 aliphatic carbocycles. The lowest BCUT2D eigenvalue weighted by Crippen LogP contribution is -2.41. The van der Waals surface area contributed by atoms with Gasteiger partial charge < -0.3 is 9.11 Å². The van der Waals surface area contributed by atoms with Gasteiger partial charge in [-0.05, 0) is 124 Å². The van der Waals surface area contributed by atoms with E-state index in [9.17, 15) is 9.11 Å². The first-order chi connectivity index (χ1) is 20.6. The highest BCUT2D eigenvalue weighted by molar-refractivity contribution is 7.92. The smallest absolute Gasteiger partial charge is 0.158 e. The topological polar surface area (TPSA) is 46.1 Å². The van der Waals surface area contributed by atoms with E-state index in [-0.39, 0.29) is 10.7 Å². The van der Waals surface area contributed by atoms with E-state index in [0.717, 1.165) is 40.4 Å². The van der Waals surface area contributed by atoms with Gasteiger partial charge in [0, 0.05) is 17.6 Å². The van der Waals surface area contributed by atoms with E-state index in [1.165, 1.54) is 33.4 Å². The van der Waals surface area contributed by atoms with E-state index in [1.54, 1.807) is 0 Å². The summed E-state index contributed by atoms with van der Waals surface area (Å²) in [6, 6.07) is 35.5. The number of rotatable bonds is 4. The monoisotopic (exact) mass is 586 g/mol. The fourth-order valence-electron chi connectivity index (χ4n) is 8.53. The molecule has 42 heavy (non-hydrogen) atoms. The molecule has 0 N–H and O–H groups in total. The van der Waals surface area contributed by atoms with Crippen LogP contribution in [0.5, 0.6) is 0 Å². The normalized spacial score (nSPS) is 28.6. The SMILES string of the molecule is CC1C=CC2=C(C1)c1ccc([S+]([O-])c3ccccc3)cc1C21c2ccccc2C2CC[C@@H]([S+]([O-])c3ccccc3)CC21. The quantitative estimate of drug-likeness (QED) is 0.225. The molecule has 6 unspecified atom stereocenters. The van der Waals surface area contributed by atoms with Crippen LogP contribution in [0.3, 0.4) is 0 Å². The van der Waals surface area contributed by atoms with Crippen molar-refractivity contribution in [1.29, 1.82) is 0 Å². The Morgan fingerprint density at radius 3 is 2.24 bits per heavy atom. The van der Waals surface area contributed by atoms with Crippen molar-refractivity contribution in [2.45, 2.75) is 63.9 Å². The van der Waals surface area contributed by atoms with E-state index in [2.05, 4.69) is 61.5 Å². The fourth-order valence-corrected chi connectivity index (χ4v) is 11.2. The van der Waals surface area contributed by atoms with E-state index < -0.39 is 22.4 Å². The summed E-state index contributed by atoms with van der Waals surface area (Å²) >= 11 is -2.32. The predicted octanol–water partition coefficient (Wildman–Crippen LogP) is 8.58. The van der Waals surface area contributed by atoms with Crippen molar-refractivity contribution in [2.75, 3.05) is 0 Å². The van der Waals surface area contributed by atoms with Gasteiger partial charge in [-0.3, -0.25) is 0 Å². The van der Waals surface area contributed by atoms with Crippen LogP contribution in [0.15, 0.2) is 136 Å². The first kappa shape index (κ1) is 26.6. The predicted molar refractivity (Wildman–Crippen MR) is 171 cm³/mol. The summed E-state index contributed by atoms with van der Waals surface area (Å²) in [6.07, 6.45) is 8.73. The van der Waals surface area contributed by atoms with Crippen LogP contribution in [-0.2, 0) is 27.8 Å². The molecule has 8 rings (SSSR count). The molecule has 4 heteroatoms. The number of benzene rings is 4. The summed E-state index contributed by atoms with van der Waals surface area (Å²) < 4.78 is 27.9. The molecular formula is C38H34O2S2. The van der Waals surface area contributed by atoms with Gasteiger partial charge in [0.1, 0.15) is 5.25 Å².